The van der Waals surface area contributed by atoms with Crippen LogP contribution in [0.5, 0.6) is 0 Å². The van der Waals surface area contributed by atoms with Gasteiger partial charge in [0, 0.05) is 0 Å². The molecule has 1 aliphatic carbocycles. The molecule has 0 aromatic heterocycles. The van der Waals surface area contributed by atoms with Crippen LogP contribution in [-0.4, -0.2) is 54.8 Å². The third-order valence-corrected chi connectivity index (χ3v) is 2.92. The maximum absolute atomic E-state index is 12.6. The first-order chi connectivity index (χ1) is 6.52. The molecule has 3 N–H and O–H groups in total. The second kappa shape index (κ2) is 3.15. The summed E-state index contributed by atoms with van der Waals surface area (Å²) in [5, 5.41) is 27.3. The molecule has 82 valence electrons. The van der Waals surface area contributed by atoms with E-state index in [1.165, 1.54) is 0 Å². The lowest BCUT2D eigenvalue weighted by atomic mass is 9.52. The Morgan fingerprint density at radius 2 is 1.53 bits per heavy atom. The number of hydrogen-bond donors (Lipinski definition) is 3. The largest absolute Gasteiger partial charge is 0.397 e. The summed E-state index contributed by atoms with van der Waals surface area (Å²) in [7, 11) is 9.98. The highest BCUT2D eigenvalue weighted by molar-refractivity contribution is 6.26. The van der Waals surface area contributed by atoms with Crippen LogP contribution in [0, 0.1) is 5.41 Å². The molecule has 1 aliphatic rings. The van der Waals surface area contributed by atoms with Crippen LogP contribution < -0.4 is 0 Å². The van der Waals surface area contributed by atoms with Gasteiger partial charge in [0.1, 0.15) is 15.7 Å². The Bertz CT molecular complexity index is 261. The van der Waals surface area contributed by atoms with E-state index in [4.69, 9.17) is 20.8 Å². The second-order valence-corrected chi connectivity index (χ2v) is 3.93. The number of alkyl halides is 3. The lowest BCUT2D eigenvalue weighted by molar-refractivity contribution is -0.248. The van der Waals surface area contributed by atoms with Crippen molar-refractivity contribution in [3.8, 4) is 0 Å². The van der Waals surface area contributed by atoms with Crippen molar-refractivity contribution in [2.24, 2.45) is 5.41 Å². The van der Waals surface area contributed by atoms with E-state index in [9.17, 15) is 23.4 Å². The lowest BCUT2D eigenvalue weighted by Gasteiger charge is -2.45. The summed E-state index contributed by atoms with van der Waals surface area (Å²) in [6.45, 7) is -1.27. The van der Waals surface area contributed by atoms with Crippen LogP contribution in [0.15, 0.2) is 0 Å². The topological polar surface area (TPSA) is 60.7 Å². The summed E-state index contributed by atoms with van der Waals surface area (Å²) in [5.41, 5.74) is -8.63. The van der Waals surface area contributed by atoms with E-state index >= 15 is 0 Å². The number of hydrogen-bond acceptors (Lipinski definition) is 3. The van der Waals surface area contributed by atoms with Gasteiger partial charge in [-0.3, -0.25) is 0 Å². The minimum atomic E-state index is -4.78. The van der Waals surface area contributed by atoms with Gasteiger partial charge in [0.05, 0.1) is 23.0 Å². The lowest BCUT2D eigenvalue weighted by Crippen LogP contribution is -2.66. The molecular formula is C7H9B2F3O3. The molecule has 0 aromatic carbocycles. The fourth-order valence-corrected chi connectivity index (χ4v) is 1.54. The highest BCUT2D eigenvalue weighted by Gasteiger charge is 2.74. The minimum Gasteiger partial charge on any atom is -0.397 e. The van der Waals surface area contributed by atoms with Crippen LogP contribution in [0.25, 0.3) is 0 Å². The van der Waals surface area contributed by atoms with Gasteiger partial charge in [-0.05, 0) is 12.8 Å². The molecule has 1 fully saturated rings. The predicted octanol–water partition coefficient (Wildman–Crippen LogP) is -0.965. The zero-order chi connectivity index (χ0) is 12.1. The molecule has 0 amide bonds. The first-order valence-electron chi connectivity index (χ1n) is 4.22. The van der Waals surface area contributed by atoms with Gasteiger partial charge in [-0.15, -0.1) is 0 Å². The van der Waals surface area contributed by atoms with Crippen LogP contribution in [0.3, 0.4) is 0 Å². The summed E-state index contributed by atoms with van der Waals surface area (Å²) in [6, 6.07) is 0. The fourth-order valence-electron chi connectivity index (χ4n) is 1.54. The Kier molecular flexibility index (Phi) is 2.70. The number of rotatable bonds is 3. The van der Waals surface area contributed by atoms with Crippen LogP contribution >= 0.6 is 0 Å². The van der Waals surface area contributed by atoms with Gasteiger partial charge in [-0.25, -0.2) is 0 Å². The van der Waals surface area contributed by atoms with E-state index in [0.717, 1.165) is 0 Å². The molecule has 1 saturated carbocycles. The van der Waals surface area contributed by atoms with Crippen molar-refractivity contribution in [1.29, 1.82) is 0 Å². The molecule has 1 rings (SSSR count). The third kappa shape index (κ3) is 1.59. The maximum Gasteiger partial charge on any atom is 0.396 e. The Morgan fingerprint density at radius 3 is 1.73 bits per heavy atom. The van der Waals surface area contributed by atoms with E-state index in [2.05, 4.69) is 0 Å². The molecule has 8 heteroatoms. The Hall–Kier alpha value is -0.200. The van der Waals surface area contributed by atoms with Crippen molar-refractivity contribution in [2.45, 2.75) is 30.0 Å². The summed E-state index contributed by atoms with van der Waals surface area (Å²) in [6.07, 6.45) is -5.63. The quantitative estimate of drug-likeness (QED) is 0.536. The summed E-state index contributed by atoms with van der Waals surface area (Å²) in [4.78, 5) is 0. The Balaban J connectivity index is 3.07. The van der Waals surface area contributed by atoms with Gasteiger partial charge in [-0.2, -0.15) is 13.2 Å². The average Bonchev–Trinajstić information content (AvgIpc) is 2.81. The van der Waals surface area contributed by atoms with Crippen molar-refractivity contribution in [3.05, 3.63) is 0 Å². The highest BCUT2D eigenvalue weighted by atomic mass is 19.4. The number of aliphatic hydroxyl groups excluding tert-OH is 1. The Labute approximate surface area is 87.1 Å². The molecule has 0 bridgehead atoms. The molecule has 0 aromatic rings. The van der Waals surface area contributed by atoms with Gasteiger partial charge < -0.3 is 15.3 Å². The van der Waals surface area contributed by atoms with E-state index in [0.29, 0.717) is 0 Å². The zero-order valence-electron chi connectivity index (χ0n) is 7.75. The summed E-state index contributed by atoms with van der Waals surface area (Å²) in [5.74, 6) is 0. The second-order valence-electron chi connectivity index (χ2n) is 3.93. The molecule has 3 nitrogen and oxygen atoms in total. The van der Waals surface area contributed by atoms with Gasteiger partial charge in [-0.1, -0.05) is 0 Å². The average molecular weight is 220 g/mol. The smallest absolute Gasteiger partial charge is 0.396 e. The first kappa shape index (κ1) is 12.9. The standard InChI is InChI=1S/C7H9B2F3O3/c8-5(14,3-13)6(9,15)4(1-2-4)7(10,11)12/h13-15H,1-3H2. The van der Waals surface area contributed by atoms with Crippen molar-refractivity contribution < 1.29 is 28.5 Å². The van der Waals surface area contributed by atoms with Crippen molar-refractivity contribution in [1.82, 2.24) is 0 Å². The van der Waals surface area contributed by atoms with E-state index in [-0.39, 0.29) is 0 Å². The van der Waals surface area contributed by atoms with E-state index in [1.807, 2.05) is 0 Å². The third-order valence-electron chi connectivity index (χ3n) is 2.92. The van der Waals surface area contributed by atoms with Crippen LogP contribution in [0.4, 0.5) is 13.2 Å². The van der Waals surface area contributed by atoms with Crippen molar-refractivity contribution in [2.75, 3.05) is 6.61 Å². The van der Waals surface area contributed by atoms with Gasteiger partial charge in [0.15, 0.2) is 0 Å². The van der Waals surface area contributed by atoms with Crippen LogP contribution in [0.1, 0.15) is 12.8 Å². The predicted molar refractivity (Wildman–Crippen MR) is 46.2 cm³/mol. The van der Waals surface area contributed by atoms with Crippen LogP contribution in [-0.2, 0) is 0 Å². The fraction of sp³-hybridized carbons (Fsp3) is 1.00. The Morgan fingerprint density at radius 1 is 1.13 bits per heavy atom. The first-order valence-corrected chi connectivity index (χ1v) is 4.22. The van der Waals surface area contributed by atoms with E-state index < -0.39 is 42.0 Å². The maximum atomic E-state index is 12.6. The molecule has 0 saturated heterocycles. The van der Waals surface area contributed by atoms with Crippen LogP contribution in [0.2, 0.25) is 0 Å². The van der Waals surface area contributed by atoms with Gasteiger partial charge in [0.25, 0.3) is 0 Å². The normalized spacial score (nSPS) is 27.9. The zero-order valence-corrected chi connectivity index (χ0v) is 7.75. The van der Waals surface area contributed by atoms with E-state index in [1.54, 1.807) is 0 Å². The molecule has 2 unspecified atom stereocenters. The molecule has 2 atom stereocenters. The molecule has 0 heterocycles. The molecular weight excluding hydrogens is 211 g/mol. The van der Waals surface area contributed by atoms with Crippen molar-refractivity contribution in [3.63, 3.8) is 0 Å². The molecule has 0 aliphatic heterocycles. The van der Waals surface area contributed by atoms with Crippen molar-refractivity contribution >= 4 is 15.7 Å². The molecule has 0 spiro atoms. The van der Waals surface area contributed by atoms with Gasteiger partial charge >= 0.3 is 6.18 Å². The monoisotopic (exact) mass is 220 g/mol. The minimum absolute atomic E-state index is 0.428. The SMILES string of the molecule is [B]C(O)(CO)C([B])(O)C1(C(F)(F)F)CC1. The molecule has 4 radical (unpaired) electrons. The number of halogens is 3. The summed E-state index contributed by atoms with van der Waals surface area (Å²) < 4.78 is 37.7. The number of aliphatic hydroxyl groups is 3. The molecule has 15 heavy (non-hydrogen) atoms. The highest BCUT2D eigenvalue weighted by Crippen LogP contribution is 2.64. The summed E-state index contributed by atoms with van der Waals surface area (Å²) >= 11 is 0. The van der Waals surface area contributed by atoms with Gasteiger partial charge in [0.2, 0.25) is 0 Å².